The van der Waals surface area contributed by atoms with Crippen molar-refractivity contribution in [3.8, 4) is 0 Å². The van der Waals surface area contributed by atoms with Crippen molar-refractivity contribution >= 4 is 11.9 Å². The number of aliphatic carboxylic acids is 1. The smallest absolute Gasteiger partial charge is 0.334 e. The van der Waals surface area contributed by atoms with Gasteiger partial charge in [0.2, 0.25) is 0 Å². The lowest BCUT2D eigenvalue weighted by Gasteiger charge is -2.03. The summed E-state index contributed by atoms with van der Waals surface area (Å²) in [6.45, 7) is 1.26. The Hall–Kier alpha value is -1.36. The SMILES string of the molecule is CCC(=CC(=O)O)C(=O)OCCO. The van der Waals surface area contributed by atoms with Crippen LogP contribution < -0.4 is 0 Å². The number of aliphatic hydroxyl groups is 1. The number of aliphatic hydroxyl groups excluding tert-OH is 1. The summed E-state index contributed by atoms with van der Waals surface area (Å²) in [4.78, 5) is 21.2. The van der Waals surface area contributed by atoms with Gasteiger partial charge in [-0.15, -0.1) is 0 Å². The first-order chi connectivity index (χ1) is 6.11. The minimum atomic E-state index is -1.18. The number of carboxylic acids is 1. The van der Waals surface area contributed by atoms with Crippen LogP contribution in [0.4, 0.5) is 0 Å². The molecule has 0 saturated carbocycles. The third-order valence-electron chi connectivity index (χ3n) is 1.27. The molecule has 0 spiro atoms. The fourth-order valence-electron chi connectivity index (χ4n) is 0.685. The van der Waals surface area contributed by atoms with E-state index in [9.17, 15) is 9.59 Å². The number of hydrogen-bond acceptors (Lipinski definition) is 4. The topological polar surface area (TPSA) is 83.8 Å². The lowest BCUT2D eigenvalue weighted by Crippen LogP contribution is -2.11. The van der Waals surface area contributed by atoms with Crippen LogP contribution in [0.25, 0.3) is 0 Å². The van der Waals surface area contributed by atoms with Crippen LogP contribution in [0.1, 0.15) is 13.3 Å². The molecule has 0 unspecified atom stereocenters. The number of esters is 1. The number of hydrogen-bond donors (Lipinski definition) is 2. The van der Waals surface area contributed by atoms with Gasteiger partial charge in [0.25, 0.3) is 0 Å². The first kappa shape index (κ1) is 11.6. The normalized spacial score (nSPS) is 11.1. The highest BCUT2D eigenvalue weighted by molar-refractivity contribution is 5.95. The maximum Gasteiger partial charge on any atom is 0.334 e. The first-order valence-corrected chi connectivity index (χ1v) is 3.83. The van der Waals surface area contributed by atoms with Gasteiger partial charge in [0.1, 0.15) is 6.61 Å². The Kier molecular flexibility index (Phi) is 5.54. The van der Waals surface area contributed by atoms with Crippen LogP contribution in [-0.2, 0) is 14.3 Å². The van der Waals surface area contributed by atoms with Gasteiger partial charge in [-0.3, -0.25) is 0 Å². The van der Waals surface area contributed by atoms with E-state index in [4.69, 9.17) is 10.2 Å². The van der Waals surface area contributed by atoms with E-state index in [1.165, 1.54) is 0 Å². The second-order valence-corrected chi connectivity index (χ2v) is 2.22. The summed E-state index contributed by atoms with van der Waals surface area (Å²) >= 11 is 0. The highest BCUT2D eigenvalue weighted by Gasteiger charge is 2.09. The summed E-state index contributed by atoms with van der Waals surface area (Å²) in [6, 6.07) is 0. The summed E-state index contributed by atoms with van der Waals surface area (Å²) < 4.78 is 4.52. The van der Waals surface area contributed by atoms with Crippen molar-refractivity contribution in [1.82, 2.24) is 0 Å². The first-order valence-electron chi connectivity index (χ1n) is 3.83. The average Bonchev–Trinajstić information content (AvgIpc) is 2.09. The third kappa shape index (κ3) is 4.97. The van der Waals surface area contributed by atoms with Gasteiger partial charge in [0.15, 0.2) is 0 Å². The highest BCUT2D eigenvalue weighted by Crippen LogP contribution is 2.02. The van der Waals surface area contributed by atoms with E-state index in [1.54, 1.807) is 6.92 Å². The molecular formula is C8H12O5. The highest BCUT2D eigenvalue weighted by atomic mass is 16.5. The predicted octanol–water partition coefficient (Wildman–Crippen LogP) is -0.0571. The van der Waals surface area contributed by atoms with Crippen LogP contribution in [0.15, 0.2) is 11.6 Å². The zero-order valence-electron chi connectivity index (χ0n) is 7.32. The molecule has 0 aliphatic carbocycles. The fraction of sp³-hybridized carbons (Fsp3) is 0.500. The Morgan fingerprint density at radius 1 is 1.46 bits per heavy atom. The minimum absolute atomic E-state index is 0.0842. The fourth-order valence-corrected chi connectivity index (χ4v) is 0.685. The molecule has 0 amide bonds. The lowest BCUT2D eigenvalue weighted by atomic mass is 10.2. The van der Waals surface area contributed by atoms with Crippen molar-refractivity contribution in [2.45, 2.75) is 13.3 Å². The van der Waals surface area contributed by atoms with Gasteiger partial charge in [0.05, 0.1) is 6.61 Å². The molecule has 0 fully saturated rings. The maximum atomic E-state index is 11.0. The number of rotatable bonds is 5. The summed E-state index contributed by atoms with van der Waals surface area (Å²) in [5.41, 5.74) is 0.0842. The predicted molar refractivity (Wildman–Crippen MR) is 44.1 cm³/mol. The van der Waals surface area contributed by atoms with Gasteiger partial charge in [0, 0.05) is 11.6 Å². The Bertz CT molecular complexity index is 219. The Morgan fingerprint density at radius 3 is 2.46 bits per heavy atom. The van der Waals surface area contributed by atoms with Gasteiger partial charge < -0.3 is 14.9 Å². The van der Waals surface area contributed by atoms with Crippen molar-refractivity contribution in [3.05, 3.63) is 11.6 Å². The van der Waals surface area contributed by atoms with E-state index in [1.807, 2.05) is 0 Å². The second kappa shape index (κ2) is 6.19. The largest absolute Gasteiger partial charge is 0.478 e. The number of carbonyl (C=O) groups is 2. The Balaban J connectivity index is 4.23. The summed E-state index contributed by atoms with van der Waals surface area (Å²) in [6.07, 6.45) is 1.09. The van der Waals surface area contributed by atoms with E-state index in [0.29, 0.717) is 0 Å². The van der Waals surface area contributed by atoms with Crippen LogP contribution in [0.2, 0.25) is 0 Å². The monoisotopic (exact) mass is 188 g/mol. The van der Waals surface area contributed by atoms with Crippen molar-refractivity contribution in [2.75, 3.05) is 13.2 Å². The molecule has 0 bridgehead atoms. The lowest BCUT2D eigenvalue weighted by molar-refractivity contribution is -0.141. The van der Waals surface area contributed by atoms with Crippen LogP contribution in [0.3, 0.4) is 0 Å². The molecule has 0 aromatic rings. The number of ether oxygens (including phenoxy) is 1. The van der Waals surface area contributed by atoms with Crippen molar-refractivity contribution in [1.29, 1.82) is 0 Å². The van der Waals surface area contributed by atoms with Crippen LogP contribution in [0.5, 0.6) is 0 Å². The van der Waals surface area contributed by atoms with Gasteiger partial charge in [-0.2, -0.15) is 0 Å². The maximum absolute atomic E-state index is 11.0. The Morgan fingerprint density at radius 2 is 2.08 bits per heavy atom. The van der Waals surface area contributed by atoms with E-state index < -0.39 is 11.9 Å². The van der Waals surface area contributed by atoms with E-state index >= 15 is 0 Å². The van der Waals surface area contributed by atoms with Gasteiger partial charge >= 0.3 is 11.9 Å². The summed E-state index contributed by atoms with van der Waals surface area (Å²) in [5, 5.41) is 16.7. The molecule has 0 heterocycles. The molecule has 0 aromatic carbocycles. The van der Waals surface area contributed by atoms with Gasteiger partial charge in [-0.1, -0.05) is 6.92 Å². The molecule has 2 N–H and O–H groups in total. The van der Waals surface area contributed by atoms with Gasteiger partial charge in [-0.05, 0) is 6.42 Å². The molecule has 0 aromatic heterocycles. The van der Waals surface area contributed by atoms with Crippen molar-refractivity contribution in [2.24, 2.45) is 0 Å². The van der Waals surface area contributed by atoms with Crippen LogP contribution >= 0.6 is 0 Å². The van der Waals surface area contributed by atoms with Gasteiger partial charge in [-0.25, -0.2) is 9.59 Å². The molecule has 0 radical (unpaired) electrons. The zero-order valence-corrected chi connectivity index (χ0v) is 7.32. The van der Waals surface area contributed by atoms with E-state index in [0.717, 1.165) is 6.08 Å². The van der Waals surface area contributed by atoms with E-state index in [-0.39, 0.29) is 25.2 Å². The summed E-state index contributed by atoms with van der Waals surface area (Å²) in [7, 11) is 0. The van der Waals surface area contributed by atoms with E-state index in [2.05, 4.69) is 4.74 Å². The van der Waals surface area contributed by atoms with Crippen LogP contribution in [0, 0.1) is 0 Å². The molecule has 5 heteroatoms. The Labute approximate surface area is 75.6 Å². The van der Waals surface area contributed by atoms with Crippen LogP contribution in [-0.4, -0.2) is 35.4 Å². The second-order valence-electron chi connectivity index (χ2n) is 2.22. The standard InChI is InChI=1S/C8H12O5/c1-2-6(5-7(10)11)8(12)13-4-3-9/h5,9H,2-4H2,1H3,(H,10,11). The number of carboxylic acid groups (broad SMARTS) is 1. The molecule has 0 rings (SSSR count). The molecule has 0 aliphatic rings. The number of carbonyl (C=O) groups excluding carboxylic acids is 1. The van der Waals surface area contributed by atoms with Crippen molar-refractivity contribution in [3.63, 3.8) is 0 Å². The minimum Gasteiger partial charge on any atom is -0.478 e. The third-order valence-corrected chi connectivity index (χ3v) is 1.27. The average molecular weight is 188 g/mol. The molecule has 0 atom stereocenters. The molecular weight excluding hydrogens is 176 g/mol. The molecule has 74 valence electrons. The molecule has 0 aliphatic heterocycles. The van der Waals surface area contributed by atoms with Crippen molar-refractivity contribution < 1.29 is 24.5 Å². The zero-order chi connectivity index (χ0) is 10.3. The molecule has 5 nitrogen and oxygen atoms in total. The molecule has 0 saturated heterocycles. The molecule has 13 heavy (non-hydrogen) atoms. The summed E-state index contributed by atoms with van der Waals surface area (Å²) in [5.74, 6) is -1.88. The quantitative estimate of drug-likeness (QED) is 0.466.